The van der Waals surface area contributed by atoms with Gasteiger partial charge in [-0.2, -0.15) is 9.97 Å². The molecule has 33 heavy (non-hydrogen) atoms. The lowest BCUT2D eigenvalue weighted by Crippen LogP contribution is -2.26. The predicted molar refractivity (Wildman–Crippen MR) is 124 cm³/mol. The van der Waals surface area contributed by atoms with Crippen LogP contribution in [0.2, 0.25) is 0 Å². The van der Waals surface area contributed by atoms with Crippen LogP contribution < -0.4 is 15.8 Å². The summed E-state index contributed by atoms with van der Waals surface area (Å²) in [6, 6.07) is 10.2. The third kappa shape index (κ3) is 4.36. The molecule has 0 aliphatic carbocycles. The topological polar surface area (TPSA) is 104 Å². The van der Waals surface area contributed by atoms with Crippen molar-refractivity contribution < 1.29 is 9.13 Å². The van der Waals surface area contributed by atoms with Gasteiger partial charge in [0.05, 0.1) is 19.3 Å². The molecule has 170 valence electrons. The number of aromatic nitrogens is 5. The Morgan fingerprint density at radius 2 is 1.91 bits per heavy atom. The van der Waals surface area contributed by atoms with Crippen molar-refractivity contribution in [2.75, 3.05) is 25.4 Å². The van der Waals surface area contributed by atoms with E-state index in [1.54, 1.807) is 6.20 Å². The molecule has 1 aromatic carbocycles. The fourth-order valence-corrected chi connectivity index (χ4v) is 4.33. The van der Waals surface area contributed by atoms with Crippen LogP contribution in [0, 0.1) is 5.82 Å². The van der Waals surface area contributed by atoms with Gasteiger partial charge in [-0.15, -0.1) is 0 Å². The molecule has 1 saturated heterocycles. The van der Waals surface area contributed by atoms with Crippen molar-refractivity contribution in [2.24, 2.45) is 0 Å². The van der Waals surface area contributed by atoms with Gasteiger partial charge in [-0.1, -0.05) is 24.3 Å². The summed E-state index contributed by atoms with van der Waals surface area (Å²) in [5, 5.41) is 3.41. The number of halogens is 1. The molecular formula is C24H26FN7O. The zero-order valence-corrected chi connectivity index (χ0v) is 18.5. The summed E-state index contributed by atoms with van der Waals surface area (Å²) in [7, 11) is 0. The SMILES string of the molecule is CCOc1nc(N)c2nc(-c3cncc(F)c3)n(Cc3ccc(C4CCNCC4)cc3)c2n1. The first kappa shape index (κ1) is 21.3. The van der Waals surface area contributed by atoms with Gasteiger partial charge in [0.1, 0.15) is 11.6 Å². The fraction of sp³-hybridized carbons (Fsp3) is 0.333. The molecule has 1 aliphatic heterocycles. The molecule has 0 atom stereocenters. The number of imidazole rings is 1. The molecule has 5 rings (SSSR count). The highest BCUT2D eigenvalue weighted by Gasteiger charge is 2.20. The summed E-state index contributed by atoms with van der Waals surface area (Å²) in [4.78, 5) is 17.4. The third-order valence-corrected chi connectivity index (χ3v) is 5.97. The van der Waals surface area contributed by atoms with E-state index < -0.39 is 5.82 Å². The highest BCUT2D eigenvalue weighted by molar-refractivity contribution is 5.85. The predicted octanol–water partition coefficient (Wildman–Crippen LogP) is 3.52. The van der Waals surface area contributed by atoms with Crippen LogP contribution in [0.4, 0.5) is 10.2 Å². The summed E-state index contributed by atoms with van der Waals surface area (Å²) in [6.45, 7) is 4.87. The molecule has 3 aromatic heterocycles. The number of rotatable bonds is 6. The van der Waals surface area contributed by atoms with Crippen molar-refractivity contribution >= 4 is 17.0 Å². The molecule has 0 bridgehead atoms. The Labute approximate surface area is 191 Å². The molecule has 8 nitrogen and oxygen atoms in total. The lowest BCUT2D eigenvalue weighted by atomic mass is 9.90. The second-order valence-corrected chi connectivity index (χ2v) is 8.18. The van der Waals surface area contributed by atoms with Gasteiger partial charge >= 0.3 is 6.01 Å². The molecule has 0 unspecified atom stereocenters. The number of hydrogen-bond donors (Lipinski definition) is 2. The number of ether oxygens (including phenoxy) is 1. The number of hydrogen-bond acceptors (Lipinski definition) is 7. The quantitative estimate of drug-likeness (QED) is 0.466. The third-order valence-electron chi connectivity index (χ3n) is 5.97. The van der Waals surface area contributed by atoms with Crippen LogP contribution in [0.15, 0.2) is 42.7 Å². The number of fused-ring (bicyclic) bond motifs is 1. The molecule has 4 aromatic rings. The first-order chi connectivity index (χ1) is 16.1. The van der Waals surface area contributed by atoms with Gasteiger partial charge in [0.25, 0.3) is 0 Å². The van der Waals surface area contributed by atoms with Gasteiger partial charge in [-0.05, 0) is 56.0 Å². The number of nitrogens with one attached hydrogen (secondary N) is 1. The summed E-state index contributed by atoms with van der Waals surface area (Å²) in [6.07, 6.45) is 5.04. The summed E-state index contributed by atoms with van der Waals surface area (Å²) in [5.74, 6) is 0.888. The first-order valence-corrected chi connectivity index (χ1v) is 11.2. The zero-order valence-electron chi connectivity index (χ0n) is 18.5. The second kappa shape index (κ2) is 9.11. The lowest BCUT2D eigenvalue weighted by Gasteiger charge is -2.23. The standard InChI is InChI=1S/C24H26FN7O/c1-2-33-24-30-21(26)20-23(31-24)32(22(29-20)18-11-19(25)13-28-12-18)14-15-3-5-16(6-4-15)17-7-9-27-10-8-17/h3-6,11-13,17,27H,2,7-10,14H2,1H3,(H2,26,30,31). The van der Waals surface area contributed by atoms with Gasteiger partial charge in [0, 0.05) is 11.8 Å². The maximum atomic E-state index is 14.0. The van der Waals surface area contributed by atoms with Gasteiger partial charge < -0.3 is 20.4 Å². The van der Waals surface area contributed by atoms with Crippen LogP contribution in [0.3, 0.4) is 0 Å². The normalized spacial score (nSPS) is 14.6. The molecule has 3 N–H and O–H groups in total. The van der Waals surface area contributed by atoms with Crippen molar-refractivity contribution in [1.82, 2.24) is 29.8 Å². The van der Waals surface area contributed by atoms with Crippen LogP contribution >= 0.6 is 0 Å². The van der Waals surface area contributed by atoms with Crippen molar-refractivity contribution in [1.29, 1.82) is 0 Å². The summed E-state index contributed by atoms with van der Waals surface area (Å²) >= 11 is 0. The number of pyridine rings is 1. The largest absolute Gasteiger partial charge is 0.464 e. The van der Waals surface area contributed by atoms with Gasteiger partial charge in [-0.25, -0.2) is 9.37 Å². The zero-order chi connectivity index (χ0) is 22.8. The van der Waals surface area contributed by atoms with Crippen LogP contribution in [0.1, 0.15) is 36.8 Å². The number of piperidine rings is 1. The molecule has 9 heteroatoms. The average Bonchev–Trinajstić information content (AvgIpc) is 3.19. The Balaban J connectivity index is 1.57. The number of anilines is 1. The molecule has 4 heterocycles. The monoisotopic (exact) mass is 447 g/mol. The van der Waals surface area contributed by atoms with Crippen molar-refractivity contribution in [3.8, 4) is 17.4 Å². The van der Waals surface area contributed by atoms with E-state index in [1.165, 1.54) is 11.6 Å². The van der Waals surface area contributed by atoms with E-state index in [9.17, 15) is 4.39 Å². The molecular weight excluding hydrogens is 421 g/mol. The Morgan fingerprint density at radius 1 is 1.12 bits per heavy atom. The number of benzene rings is 1. The molecule has 0 amide bonds. The number of nitrogen functional groups attached to an aromatic ring is 1. The Kier molecular flexibility index (Phi) is 5.87. The average molecular weight is 448 g/mol. The molecule has 0 radical (unpaired) electrons. The highest BCUT2D eigenvalue weighted by Crippen LogP contribution is 2.30. The minimum Gasteiger partial charge on any atom is -0.464 e. The van der Waals surface area contributed by atoms with E-state index >= 15 is 0 Å². The molecule has 1 aliphatic rings. The summed E-state index contributed by atoms with van der Waals surface area (Å²) in [5.41, 5.74) is 10.1. The fourth-order valence-electron chi connectivity index (χ4n) is 4.33. The molecule has 0 spiro atoms. The van der Waals surface area contributed by atoms with Crippen molar-refractivity contribution in [2.45, 2.75) is 32.2 Å². The number of nitrogens with zero attached hydrogens (tertiary/aromatic N) is 5. The molecule has 1 fully saturated rings. The van der Waals surface area contributed by atoms with Crippen molar-refractivity contribution in [3.63, 3.8) is 0 Å². The Bertz CT molecular complexity index is 1270. The van der Waals surface area contributed by atoms with E-state index in [4.69, 9.17) is 10.5 Å². The Morgan fingerprint density at radius 3 is 2.64 bits per heavy atom. The van der Waals surface area contributed by atoms with E-state index in [0.717, 1.165) is 37.7 Å². The summed E-state index contributed by atoms with van der Waals surface area (Å²) < 4.78 is 21.4. The van der Waals surface area contributed by atoms with Crippen LogP contribution in [0.25, 0.3) is 22.6 Å². The first-order valence-electron chi connectivity index (χ1n) is 11.2. The van der Waals surface area contributed by atoms with E-state index in [-0.39, 0.29) is 11.8 Å². The van der Waals surface area contributed by atoms with E-state index in [1.807, 2.05) is 11.5 Å². The van der Waals surface area contributed by atoms with E-state index in [0.29, 0.717) is 41.6 Å². The van der Waals surface area contributed by atoms with Crippen molar-refractivity contribution in [3.05, 3.63) is 59.7 Å². The van der Waals surface area contributed by atoms with Crippen LogP contribution in [-0.4, -0.2) is 44.2 Å². The van der Waals surface area contributed by atoms with Gasteiger partial charge in [0.15, 0.2) is 17.0 Å². The Hall–Kier alpha value is -3.59. The highest BCUT2D eigenvalue weighted by atomic mass is 19.1. The maximum absolute atomic E-state index is 14.0. The minimum atomic E-state index is -0.438. The van der Waals surface area contributed by atoms with Gasteiger partial charge in [0.2, 0.25) is 0 Å². The van der Waals surface area contributed by atoms with Crippen LogP contribution in [-0.2, 0) is 6.54 Å². The van der Waals surface area contributed by atoms with Crippen LogP contribution in [0.5, 0.6) is 6.01 Å². The van der Waals surface area contributed by atoms with Gasteiger partial charge in [-0.3, -0.25) is 4.98 Å². The molecule has 0 saturated carbocycles. The smallest absolute Gasteiger partial charge is 0.320 e. The van der Waals surface area contributed by atoms with E-state index in [2.05, 4.69) is 49.5 Å². The maximum Gasteiger partial charge on any atom is 0.320 e. The second-order valence-electron chi connectivity index (χ2n) is 8.18. The number of nitrogens with two attached hydrogens (primary N) is 1. The minimum absolute atomic E-state index is 0.189. The lowest BCUT2D eigenvalue weighted by molar-refractivity contribution is 0.314.